The molecule has 0 aromatic heterocycles. The van der Waals surface area contributed by atoms with E-state index in [1.165, 1.54) is 12.1 Å². The van der Waals surface area contributed by atoms with Crippen LogP contribution in [0, 0.1) is 11.3 Å². The monoisotopic (exact) mass is 334 g/mol. The second-order valence-electron chi connectivity index (χ2n) is 5.69. The van der Waals surface area contributed by atoms with Crippen LogP contribution in [0.2, 0.25) is 0 Å². The van der Waals surface area contributed by atoms with E-state index in [0.29, 0.717) is 18.7 Å². The zero-order valence-corrected chi connectivity index (χ0v) is 13.1. The molecular formula is C18H17F3N2O. The minimum atomic E-state index is -4.55. The maximum atomic E-state index is 12.8. The molecule has 0 saturated heterocycles. The molecule has 6 heteroatoms. The molecule has 2 aromatic rings. The molecule has 2 N–H and O–H groups in total. The highest BCUT2D eigenvalue weighted by Gasteiger charge is 2.33. The summed E-state index contributed by atoms with van der Waals surface area (Å²) in [5, 5.41) is 22.3. The first-order valence-corrected chi connectivity index (χ1v) is 7.37. The van der Waals surface area contributed by atoms with Gasteiger partial charge in [0.25, 0.3) is 0 Å². The number of nitrogens with zero attached hydrogens (tertiary/aromatic N) is 1. The van der Waals surface area contributed by atoms with E-state index in [1.54, 1.807) is 13.0 Å². The Labute approximate surface area is 138 Å². The molecule has 0 fully saturated rings. The lowest BCUT2D eigenvalue weighted by molar-refractivity contribution is -0.137. The highest BCUT2D eigenvalue weighted by atomic mass is 19.4. The smallest absolute Gasteiger partial charge is 0.385 e. The number of hydrogen-bond donors (Lipinski definition) is 2. The quantitative estimate of drug-likeness (QED) is 0.858. The fourth-order valence-corrected chi connectivity index (χ4v) is 2.39. The van der Waals surface area contributed by atoms with Crippen LogP contribution in [0.5, 0.6) is 0 Å². The van der Waals surface area contributed by atoms with Gasteiger partial charge in [0.05, 0.1) is 22.8 Å². The van der Waals surface area contributed by atoms with Crippen molar-refractivity contribution in [3.8, 4) is 6.07 Å². The molecule has 126 valence electrons. The van der Waals surface area contributed by atoms with E-state index in [4.69, 9.17) is 5.26 Å². The first-order chi connectivity index (χ1) is 11.2. The molecule has 2 aromatic carbocycles. The molecule has 0 spiro atoms. The van der Waals surface area contributed by atoms with E-state index in [9.17, 15) is 18.3 Å². The Morgan fingerprint density at radius 1 is 1.12 bits per heavy atom. The molecule has 0 aliphatic rings. The summed E-state index contributed by atoms with van der Waals surface area (Å²) in [7, 11) is 0. The zero-order valence-electron chi connectivity index (χ0n) is 13.1. The molecule has 2 rings (SSSR count). The van der Waals surface area contributed by atoms with Gasteiger partial charge >= 0.3 is 6.18 Å². The van der Waals surface area contributed by atoms with Crippen molar-refractivity contribution in [1.29, 1.82) is 5.26 Å². The van der Waals surface area contributed by atoms with E-state index in [-0.39, 0.29) is 0 Å². The molecule has 0 heterocycles. The van der Waals surface area contributed by atoms with Crippen LogP contribution in [0.3, 0.4) is 0 Å². The van der Waals surface area contributed by atoms with Gasteiger partial charge in [0.1, 0.15) is 0 Å². The number of benzene rings is 2. The Kier molecular flexibility index (Phi) is 5.15. The highest BCUT2D eigenvalue weighted by molar-refractivity contribution is 5.53. The number of alkyl halides is 3. The molecule has 0 bridgehead atoms. The minimum absolute atomic E-state index is 0.345. The lowest BCUT2D eigenvalue weighted by Crippen LogP contribution is -2.24. The number of rotatable bonds is 5. The van der Waals surface area contributed by atoms with Gasteiger partial charge in [-0.05, 0) is 37.1 Å². The van der Waals surface area contributed by atoms with Crippen LogP contribution in [0.1, 0.15) is 30.0 Å². The second-order valence-corrected chi connectivity index (χ2v) is 5.69. The van der Waals surface area contributed by atoms with Gasteiger partial charge in [-0.1, -0.05) is 30.3 Å². The number of halogens is 3. The normalized spacial score (nSPS) is 13.8. The van der Waals surface area contributed by atoms with Gasteiger partial charge in [0.2, 0.25) is 0 Å². The number of anilines is 1. The van der Waals surface area contributed by atoms with Gasteiger partial charge in [-0.2, -0.15) is 18.4 Å². The summed E-state index contributed by atoms with van der Waals surface area (Å²) in [6, 6.07) is 14.0. The molecule has 0 radical (unpaired) electrons. The van der Waals surface area contributed by atoms with Crippen molar-refractivity contribution in [2.75, 3.05) is 11.9 Å². The lowest BCUT2D eigenvalue weighted by Gasteiger charge is -2.24. The van der Waals surface area contributed by atoms with Crippen molar-refractivity contribution in [2.24, 2.45) is 0 Å². The Hall–Kier alpha value is -2.52. The van der Waals surface area contributed by atoms with Crippen LogP contribution in [0.25, 0.3) is 0 Å². The predicted molar refractivity (Wildman–Crippen MR) is 85.3 cm³/mol. The summed E-state index contributed by atoms with van der Waals surface area (Å²) >= 11 is 0. The lowest BCUT2D eigenvalue weighted by atomic mass is 9.92. The van der Waals surface area contributed by atoms with Crippen molar-refractivity contribution in [1.82, 2.24) is 0 Å². The van der Waals surface area contributed by atoms with Crippen LogP contribution in [0.4, 0.5) is 18.9 Å². The van der Waals surface area contributed by atoms with Crippen molar-refractivity contribution in [3.63, 3.8) is 0 Å². The summed E-state index contributed by atoms with van der Waals surface area (Å²) < 4.78 is 38.3. The third-order valence-electron chi connectivity index (χ3n) is 3.78. The van der Waals surface area contributed by atoms with Crippen LogP contribution >= 0.6 is 0 Å². The molecule has 1 atom stereocenters. The summed E-state index contributed by atoms with van der Waals surface area (Å²) in [5.74, 6) is 0. The average molecular weight is 334 g/mol. The Bertz CT molecular complexity index is 734. The molecule has 24 heavy (non-hydrogen) atoms. The van der Waals surface area contributed by atoms with Crippen molar-refractivity contribution < 1.29 is 18.3 Å². The maximum Gasteiger partial charge on any atom is 0.417 e. The largest absolute Gasteiger partial charge is 0.417 e. The van der Waals surface area contributed by atoms with Gasteiger partial charge in [-0.15, -0.1) is 0 Å². The Morgan fingerprint density at radius 3 is 2.38 bits per heavy atom. The Balaban J connectivity index is 2.04. The fourth-order valence-electron chi connectivity index (χ4n) is 2.39. The van der Waals surface area contributed by atoms with Gasteiger partial charge < -0.3 is 10.4 Å². The molecule has 0 saturated carbocycles. The fraction of sp³-hybridized carbons (Fsp3) is 0.278. The standard InChI is InChI=1S/C18H17F3N2O/c1-17(24,14-5-3-2-4-6-14)9-10-23-15-7-8-16(18(19,20)21)13(11-15)12-22/h2-8,11,23-24H,9-10H2,1H3. The topological polar surface area (TPSA) is 56.0 Å². The Morgan fingerprint density at radius 2 is 1.79 bits per heavy atom. The van der Waals surface area contributed by atoms with Crippen LogP contribution < -0.4 is 5.32 Å². The van der Waals surface area contributed by atoms with E-state index in [1.807, 2.05) is 30.3 Å². The average Bonchev–Trinajstić information content (AvgIpc) is 2.54. The van der Waals surface area contributed by atoms with Gasteiger partial charge in [0.15, 0.2) is 0 Å². The third kappa shape index (κ3) is 4.27. The molecule has 0 aliphatic carbocycles. The second kappa shape index (κ2) is 6.93. The minimum Gasteiger partial charge on any atom is -0.385 e. The van der Waals surface area contributed by atoms with Gasteiger partial charge in [0, 0.05) is 12.2 Å². The number of nitrogens with one attached hydrogen (secondary N) is 1. The molecule has 3 nitrogen and oxygen atoms in total. The summed E-state index contributed by atoms with van der Waals surface area (Å²) in [6.07, 6.45) is -4.19. The molecule has 1 unspecified atom stereocenters. The first-order valence-electron chi connectivity index (χ1n) is 7.37. The van der Waals surface area contributed by atoms with Crippen LogP contribution in [-0.4, -0.2) is 11.7 Å². The number of hydrogen-bond acceptors (Lipinski definition) is 3. The van der Waals surface area contributed by atoms with Gasteiger partial charge in [-0.3, -0.25) is 0 Å². The molecular weight excluding hydrogens is 317 g/mol. The predicted octanol–water partition coefficient (Wildman–Crippen LogP) is 4.29. The summed E-state index contributed by atoms with van der Waals surface area (Å²) in [5.41, 5.74) is -1.27. The SMILES string of the molecule is CC(O)(CCNc1ccc(C(F)(F)F)c(C#N)c1)c1ccccc1. The van der Waals surface area contributed by atoms with Crippen molar-refractivity contribution >= 4 is 5.69 Å². The van der Waals surface area contributed by atoms with E-state index >= 15 is 0 Å². The number of nitriles is 1. The van der Waals surface area contributed by atoms with Crippen LogP contribution in [-0.2, 0) is 11.8 Å². The van der Waals surface area contributed by atoms with Crippen LogP contribution in [0.15, 0.2) is 48.5 Å². The van der Waals surface area contributed by atoms with E-state index in [0.717, 1.165) is 11.6 Å². The number of aliphatic hydroxyl groups is 1. The summed E-state index contributed by atoms with van der Waals surface area (Å²) in [4.78, 5) is 0. The third-order valence-corrected chi connectivity index (χ3v) is 3.78. The van der Waals surface area contributed by atoms with E-state index < -0.39 is 22.9 Å². The zero-order chi connectivity index (χ0) is 17.8. The molecule has 0 amide bonds. The maximum absolute atomic E-state index is 12.8. The van der Waals surface area contributed by atoms with Gasteiger partial charge in [-0.25, -0.2) is 0 Å². The van der Waals surface area contributed by atoms with Crippen molar-refractivity contribution in [2.45, 2.75) is 25.1 Å². The molecule has 0 aliphatic heterocycles. The summed E-state index contributed by atoms with van der Waals surface area (Å²) in [6.45, 7) is 2.02. The van der Waals surface area contributed by atoms with E-state index in [2.05, 4.69) is 5.32 Å². The first kappa shape index (κ1) is 17.8. The van der Waals surface area contributed by atoms with Crippen molar-refractivity contribution in [3.05, 3.63) is 65.2 Å². The highest BCUT2D eigenvalue weighted by Crippen LogP contribution is 2.33.